The lowest BCUT2D eigenvalue weighted by Crippen LogP contribution is -2.30. The summed E-state index contributed by atoms with van der Waals surface area (Å²) in [6.45, 7) is 9.11. The first-order valence-corrected chi connectivity index (χ1v) is 10.9. The molecular weight excluding hydrogens is 416 g/mol. The number of benzene rings is 1. The topological polar surface area (TPSA) is 69.7 Å². The first kappa shape index (κ1) is 24.9. The molecule has 1 aromatic carbocycles. The van der Waals surface area contributed by atoms with Crippen molar-refractivity contribution in [2.24, 2.45) is 17.8 Å². The fourth-order valence-corrected chi connectivity index (χ4v) is 4.40. The first-order chi connectivity index (χ1) is 14.6. The van der Waals surface area contributed by atoms with Crippen molar-refractivity contribution in [3.05, 3.63) is 45.5 Å². The van der Waals surface area contributed by atoms with E-state index in [2.05, 4.69) is 13.0 Å². The highest BCUT2D eigenvalue weighted by Gasteiger charge is 2.31. The number of hydrogen-bond donors (Lipinski definition) is 0. The maximum Gasteiger partial charge on any atom is 0.308 e. The smallest absolute Gasteiger partial charge is 0.308 e. The molecule has 3 atom stereocenters. The second-order valence-corrected chi connectivity index (χ2v) is 8.64. The second kappa shape index (κ2) is 10.8. The lowest BCUT2D eigenvalue weighted by Gasteiger charge is -2.31. The number of rotatable bonds is 7. The summed E-state index contributed by atoms with van der Waals surface area (Å²) in [5, 5.41) is 0.320. The third kappa shape index (κ3) is 5.65. The Kier molecular flexibility index (Phi) is 8.63. The van der Waals surface area contributed by atoms with Crippen molar-refractivity contribution in [3.8, 4) is 11.5 Å². The van der Waals surface area contributed by atoms with Crippen molar-refractivity contribution in [2.75, 3.05) is 7.11 Å². The van der Waals surface area contributed by atoms with Crippen LogP contribution in [0.3, 0.4) is 0 Å². The lowest BCUT2D eigenvalue weighted by molar-refractivity contribution is -0.132. The molecule has 0 amide bonds. The van der Waals surface area contributed by atoms with E-state index in [1.165, 1.54) is 14.0 Å². The Balaban J connectivity index is 2.39. The normalized spacial score (nSPS) is 22.0. The third-order valence-corrected chi connectivity index (χ3v) is 6.55. The molecule has 1 aliphatic rings. The van der Waals surface area contributed by atoms with E-state index in [9.17, 15) is 14.4 Å². The quantitative estimate of drug-likeness (QED) is 0.233. The van der Waals surface area contributed by atoms with Gasteiger partial charge in [0.15, 0.2) is 6.29 Å². The summed E-state index contributed by atoms with van der Waals surface area (Å²) in [5.74, 6) is 1.04. The van der Waals surface area contributed by atoms with Gasteiger partial charge in [0.25, 0.3) is 0 Å². The Bertz CT molecular complexity index is 929. The molecule has 1 aliphatic carbocycles. The number of allylic oxidation sites excluding steroid dienone is 4. The van der Waals surface area contributed by atoms with E-state index in [0.29, 0.717) is 52.7 Å². The fourth-order valence-electron chi connectivity index (χ4n) is 4.11. The van der Waals surface area contributed by atoms with Gasteiger partial charge in [-0.05, 0) is 44.1 Å². The Morgan fingerprint density at radius 2 is 1.90 bits per heavy atom. The summed E-state index contributed by atoms with van der Waals surface area (Å²) >= 11 is 6.42. The largest absolute Gasteiger partial charge is 0.495 e. The van der Waals surface area contributed by atoms with Crippen molar-refractivity contribution in [3.63, 3.8) is 0 Å². The van der Waals surface area contributed by atoms with Crippen molar-refractivity contribution in [1.29, 1.82) is 0 Å². The minimum Gasteiger partial charge on any atom is -0.495 e. The monoisotopic (exact) mass is 446 g/mol. The molecule has 0 N–H and O–H groups in total. The van der Waals surface area contributed by atoms with E-state index in [1.54, 1.807) is 6.92 Å². The molecule has 0 aliphatic heterocycles. The van der Waals surface area contributed by atoms with Crippen molar-refractivity contribution >= 4 is 29.6 Å². The number of carbonyl (C=O) groups excluding carboxylic acids is 3. The van der Waals surface area contributed by atoms with Crippen LogP contribution < -0.4 is 9.47 Å². The van der Waals surface area contributed by atoms with Crippen molar-refractivity contribution in [2.45, 2.75) is 53.9 Å². The van der Waals surface area contributed by atoms with E-state index >= 15 is 0 Å². The van der Waals surface area contributed by atoms with Gasteiger partial charge in [0.1, 0.15) is 17.3 Å². The van der Waals surface area contributed by atoms with Crippen LogP contribution in [0, 0.1) is 24.7 Å². The van der Waals surface area contributed by atoms with Crippen LogP contribution in [0.25, 0.3) is 0 Å². The number of Topliss-reactive ketones (excluding diaryl/α,β-unsaturated/α-hetero) is 1. The number of methoxy groups -OCH3 is 1. The molecule has 1 aromatic rings. The average Bonchev–Trinajstić information content (AvgIpc) is 2.72. The molecule has 0 heterocycles. The predicted molar refractivity (Wildman–Crippen MR) is 122 cm³/mol. The summed E-state index contributed by atoms with van der Waals surface area (Å²) in [6, 6.07) is 0. The summed E-state index contributed by atoms with van der Waals surface area (Å²) in [4.78, 5) is 35.4. The maximum absolute atomic E-state index is 12.1. The first-order valence-electron chi connectivity index (χ1n) is 10.5. The Hall–Kier alpha value is -2.40. The SMILES string of the molecule is COc1c(Cl)c(C)c(C=O)c(OC(C)=O)c1C/C=C(C)\C=C\C1C(C)CCC(=O)C1C. The van der Waals surface area contributed by atoms with Crippen LogP contribution in [-0.2, 0) is 16.0 Å². The zero-order chi connectivity index (χ0) is 23.3. The van der Waals surface area contributed by atoms with Gasteiger partial charge in [-0.1, -0.05) is 49.2 Å². The van der Waals surface area contributed by atoms with Gasteiger partial charge < -0.3 is 9.47 Å². The van der Waals surface area contributed by atoms with E-state index in [4.69, 9.17) is 21.1 Å². The number of halogens is 1. The molecule has 0 saturated heterocycles. The van der Waals surface area contributed by atoms with Gasteiger partial charge in [0, 0.05) is 24.8 Å². The Morgan fingerprint density at radius 3 is 2.48 bits per heavy atom. The number of ether oxygens (including phenoxy) is 2. The van der Waals surface area contributed by atoms with Gasteiger partial charge >= 0.3 is 5.97 Å². The standard InChI is InChI=1S/C25H31ClO5/c1-14(7-10-19-15(2)9-12-22(29)16(19)3)8-11-20-24(31-18(5)28)21(13-27)17(4)23(26)25(20)30-6/h7-8,10,13,15-16,19H,9,11-12H2,1-6H3/b10-7+,14-8-. The molecule has 1 fully saturated rings. The molecule has 0 aromatic heterocycles. The predicted octanol–water partition coefficient (Wildman–Crippen LogP) is 5.69. The van der Waals surface area contributed by atoms with Crippen LogP contribution in [0.15, 0.2) is 23.8 Å². The molecule has 0 bridgehead atoms. The molecule has 0 radical (unpaired) electrons. The fraction of sp³-hybridized carbons (Fsp3) is 0.480. The lowest BCUT2D eigenvalue weighted by atomic mass is 9.72. The van der Waals surface area contributed by atoms with Crippen LogP contribution >= 0.6 is 11.6 Å². The highest BCUT2D eigenvalue weighted by atomic mass is 35.5. The average molecular weight is 447 g/mol. The van der Waals surface area contributed by atoms with Gasteiger partial charge in [-0.15, -0.1) is 0 Å². The van der Waals surface area contributed by atoms with Crippen LogP contribution in [0.1, 0.15) is 62.0 Å². The zero-order valence-electron chi connectivity index (χ0n) is 19.1. The van der Waals surface area contributed by atoms with Crippen LogP contribution in [-0.4, -0.2) is 25.1 Å². The molecule has 0 spiro atoms. The van der Waals surface area contributed by atoms with E-state index in [1.807, 2.05) is 26.0 Å². The number of carbonyl (C=O) groups is 3. The summed E-state index contributed by atoms with van der Waals surface area (Å²) < 4.78 is 10.9. The van der Waals surface area contributed by atoms with Gasteiger partial charge in [0.2, 0.25) is 0 Å². The highest BCUT2D eigenvalue weighted by Crippen LogP contribution is 2.42. The van der Waals surface area contributed by atoms with Crippen LogP contribution in [0.2, 0.25) is 5.02 Å². The van der Waals surface area contributed by atoms with Crippen LogP contribution in [0.4, 0.5) is 0 Å². The van der Waals surface area contributed by atoms with Gasteiger partial charge in [0.05, 0.1) is 17.7 Å². The van der Waals surface area contributed by atoms with E-state index in [0.717, 1.165) is 12.0 Å². The van der Waals surface area contributed by atoms with Gasteiger partial charge in [-0.2, -0.15) is 0 Å². The summed E-state index contributed by atoms with van der Waals surface area (Å²) in [6.07, 6.45) is 8.67. The number of ketones is 1. The molecule has 3 unspecified atom stereocenters. The number of esters is 1. The third-order valence-electron chi connectivity index (χ3n) is 6.09. The van der Waals surface area contributed by atoms with Crippen molar-refractivity contribution < 1.29 is 23.9 Å². The molecule has 6 heteroatoms. The van der Waals surface area contributed by atoms with E-state index < -0.39 is 5.97 Å². The molecule has 1 saturated carbocycles. The molecule has 5 nitrogen and oxygen atoms in total. The van der Waals surface area contributed by atoms with Gasteiger partial charge in [-0.3, -0.25) is 14.4 Å². The molecule has 31 heavy (non-hydrogen) atoms. The number of aldehydes is 1. The van der Waals surface area contributed by atoms with Crippen LogP contribution in [0.5, 0.6) is 11.5 Å². The Morgan fingerprint density at radius 1 is 1.23 bits per heavy atom. The zero-order valence-corrected chi connectivity index (χ0v) is 19.8. The molecule has 2 rings (SSSR count). The van der Waals surface area contributed by atoms with E-state index in [-0.39, 0.29) is 23.1 Å². The minimum absolute atomic E-state index is 0.0227. The molecule has 168 valence electrons. The summed E-state index contributed by atoms with van der Waals surface area (Å²) in [5.41, 5.74) is 2.26. The highest BCUT2D eigenvalue weighted by molar-refractivity contribution is 6.33. The Labute approximate surface area is 189 Å². The maximum atomic E-state index is 12.1. The number of hydrogen-bond acceptors (Lipinski definition) is 5. The van der Waals surface area contributed by atoms with Gasteiger partial charge in [-0.25, -0.2) is 0 Å². The van der Waals surface area contributed by atoms with Crippen molar-refractivity contribution in [1.82, 2.24) is 0 Å². The summed E-state index contributed by atoms with van der Waals surface area (Å²) in [7, 11) is 1.49. The second-order valence-electron chi connectivity index (χ2n) is 8.26. The molecular formula is C25H31ClO5. The minimum atomic E-state index is -0.529.